The van der Waals surface area contributed by atoms with E-state index in [1.54, 1.807) is 12.1 Å². The van der Waals surface area contributed by atoms with E-state index in [2.05, 4.69) is 41.5 Å². The molecular formula is C22H27NO3. The molecule has 0 unspecified atom stereocenters. The molecule has 26 heavy (non-hydrogen) atoms. The Kier molecular flexibility index (Phi) is 5.26. The molecule has 0 atom stereocenters. The van der Waals surface area contributed by atoms with Crippen LogP contribution in [0.4, 0.5) is 5.69 Å². The topological polar surface area (TPSA) is 63.4 Å². The number of non-ortho nitro benzene ring substituents is 1. The lowest BCUT2D eigenvalue weighted by Crippen LogP contribution is -2.17. The van der Waals surface area contributed by atoms with Crippen molar-refractivity contribution in [3.05, 3.63) is 68.8 Å². The molecule has 0 amide bonds. The second-order valence-electron chi connectivity index (χ2n) is 8.65. The van der Waals surface area contributed by atoms with Gasteiger partial charge < -0.3 is 5.11 Å². The van der Waals surface area contributed by atoms with Gasteiger partial charge in [0, 0.05) is 23.3 Å². The normalized spacial score (nSPS) is 12.5. The largest absolute Gasteiger partial charge is 0.507 e. The molecule has 4 heteroatoms. The van der Waals surface area contributed by atoms with Crippen LogP contribution in [0.2, 0.25) is 0 Å². The van der Waals surface area contributed by atoms with Crippen LogP contribution < -0.4 is 0 Å². The lowest BCUT2D eigenvalue weighted by Gasteiger charge is -2.27. The standard InChI is InChI=1S/C22H27NO3/c1-21(2,3)18-13-16(14-19(20(18)24)22(4,5)6)8-7-15-9-11-17(12-10-15)23(25)26/h7-14,24H,1-6H3/b8-7+. The number of nitro groups is 1. The average molecular weight is 353 g/mol. The highest BCUT2D eigenvalue weighted by Gasteiger charge is 2.26. The number of rotatable bonds is 3. The molecule has 0 radical (unpaired) electrons. The van der Waals surface area contributed by atoms with Crippen LogP contribution in [0.15, 0.2) is 36.4 Å². The maximum Gasteiger partial charge on any atom is 0.269 e. The summed E-state index contributed by atoms with van der Waals surface area (Å²) < 4.78 is 0. The van der Waals surface area contributed by atoms with Crippen LogP contribution in [-0.2, 0) is 10.8 Å². The van der Waals surface area contributed by atoms with E-state index in [1.807, 2.05) is 24.3 Å². The third kappa shape index (κ3) is 4.51. The van der Waals surface area contributed by atoms with Gasteiger partial charge >= 0.3 is 0 Å². The van der Waals surface area contributed by atoms with Gasteiger partial charge in [-0.2, -0.15) is 0 Å². The molecule has 0 bridgehead atoms. The molecular weight excluding hydrogens is 326 g/mol. The molecule has 4 nitrogen and oxygen atoms in total. The van der Waals surface area contributed by atoms with Crippen molar-refractivity contribution in [3.8, 4) is 5.75 Å². The van der Waals surface area contributed by atoms with E-state index < -0.39 is 4.92 Å². The number of hydrogen-bond donors (Lipinski definition) is 1. The van der Waals surface area contributed by atoms with E-state index in [4.69, 9.17) is 0 Å². The Morgan fingerprint density at radius 1 is 0.846 bits per heavy atom. The molecule has 0 heterocycles. The van der Waals surface area contributed by atoms with Gasteiger partial charge in [-0.1, -0.05) is 53.7 Å². The predicted molar refractivity (Wildman–Crippen MR) is 108 cm³/mol. The Morgan fingerprint density at radius 2 is 1.27 bits per heavy atom. The molecule has 138 valence electrons. The van der Waals surface area contributed by atoms with Crippen LogP contribution in [0.5, 0.6) is 5.75 Å². The molecule has 0 saturated heterocycles. The minimum atomic E-state index is -0.404. The summed E-state index contributed by atoms with van der Waals surface area (Å²) in [6.45, 7) is 12.5. The minimum absolute atomic E-state index is 0.0804. The van der Waals surface area contributed by atoms with Crippen LogP contribution in [0.3, 0.4) is 0 Å². The van der Waals surface area contributed by atoms with Gasteiger partial charge in [-0.15, -0.1) is 0 Å². The third-order valence-corrected chi connectivity index (χ3v) is 4.32. The zero-order valence-corrected chi connectivity index (χ0v) is 16.3. The highest BCUT2D eigenvalue weighted by Crippen LogP contribution is 2.40. The average Bonchev–Trinajstić information content (AvgIpc) is 2.52. The quantitative estimate of drug-likeness (QED) is 0.414. The number of hydrogen-bond acceptors (Lipinski definition) is 3. The second kappa shape index (κ2) is 6.94. The van der Waals surface area contributed by atoms with Crippen molar-refractivity contribution < 1.29 is 10.0 Å². The van der Waals surface area contributed by atoms with E-state index >= 15 is 0 Å². The van der Waals surface area contributed by atoms with Gasteiger partial charge in [-0.25, -0.2) is 0 Å². The first-order chi connectivity index (χ1) is 11.9. The first-order valence-electron chi connectivity index (χ1n) is 8.70. The van der Waals surface area contributed by atoms with Gasteiger partial charge in [-0.05, 0) is 46.2 Å². The monoisotopic (exact) mass is 353 g/mol. The van der Waals surface area contributed by atoms with Crippen LogP contribution in [0, 0.1) is 10.1 Å². The zero-order chi connectivity index (χ0) is 19.7. The van der Waals surface area contributed by atoms with Crippen molar-refractivity contribution >= 4 is 17.8 Å². The van der Waals surface area contributed by atoms with Gasteiger partial charge in [0.2, 0.25) is 0 Å². The van der Waals surface area contributed by atoms with Gasteiger partial charge in [0.15, 0.2) is 0 Å². The fourth-order valence-corrected chi connectivity index (χ4v) is 2.80. The van der Waals surface area contributed by atoms with Crippen LogP contribution in [0.1, 0.15) is 63.8 Å². The first kappa shape index (κ1) is 19.7. The lowest BCUT2D eigenvalue weighted by atomic mass is 9.78. The predicted octanol–water partition coefficient (Wildman–Crippen LogP) is 6.07. The Hall–Kier alpha value is -2.62. The molecule has 2 aromatic carbocycles. The van der Waals surface area contributed by atoms with Crippen molar-refractivity contribution in [2.24, 2.45) is 0 Å². The van der Waals surface area contributed by atoms with E-state index in [-0.39, 0.29) is 16.5 Å². The molecule has 0 fully saturated rings. The smallest absolute Gasteiger partial charge is 0.269 e. The molecule has 2 rings (SSSR count). The lowest BCUT2D eigenvalue weighted by molar-refractivity contribution is -0.384. The van der Waals surface area contributed by atoms with Crippen molar-refractivity contribution in [3.63, 3.8) is 0 Å². The van der Waals surface area contributed by atoms with Crippen molar-refractivity contribution in [1.29, 1.82) is 0 Å². The molecule has 0 aliphatic rings. The number of phenolic OH excluding ortho intramolecular Hbond substituents is 1. The Morgan fingerprint density at radius 3 is 1.65 bits per heavy atom. The van der Waals surface area contributed by atoms with Gasteiger partial charge in [0.25, 0.3) is 5.69 Å². The molecule has 0 aromatic heterocycles. The number of nitrogens with zero attached hydrogens (tertiary/aromatic N) is 1. The summed E-state index contributed by atoms with van der Waals surface area (Å²) in [5.41, 5.74) is 3.43. The molecule has 2 aromatic rings. The summed E-state index contributed by atoms with van der Waals surface area (Å²) in [6.07, 6.45) is 3.90. The van der Waals surface area contributed by atoms with Gasteiger partial charge in [0.05, 0.1) is 4.92 Å². The number of nitro benzene ring substituents is 1. The van der Waals surface area contributed by atoms with E-state index in [0.29, 0.717) is 5.75 Å². The van der Waals surface area contributed by atoms with Crippen LogP contribution >= 0.6 is 0 Å². The molecule has 0 saturated carbocycles. The summed E-state index contributed by atoms with van der Waals surface area (Å²) in [5.74, 6) is 0.359. The number of aromatic hydroxyl groups is 1. The molecule has 1 N–H and O–H groups in total. The fraction of sp³-hybridized carbons (Fsp3) is 0.364. The highest BCUT2D eigenvalue weighted by molar-refractivity contribution is 5.72. The first-order valence-corrected chi connectivity index (χ1v) is 8.70. The summed E-state index contributed by atoms with van der Waals surface area (Å²) in [4.78, 5) is 10.3. The number of phenols is 1. The van der Waals surface area contributed by atoms with E-state index in [9.17, 15) is 15.2 Å². The maximum absolute atomic E-state index is 10.8. The van der Waals surface area contributed by atoms with Gasteiger partial charge in [0.1, 0.15) is 5.75 Å². The molecule has 0 aliphatic heterocycles. The van der Waals surface area contributed by atoms with Crippen LogP contribution in [0.25, 0.3) is 12.2 Å². The fourth-order valence-electron chi connectivity index (χ4n) is 2.80. The minimum Gasteiger partial charge on any atom is -0.507 e. The van der Waals surface area contributed by atoms with Gasteiger partial charge in [-0.3, -0.25) is 10.1 Å². The number of benzene rings is 2. The maximum atomic E-state index is 10.8. The highest BCUT2D eigenvalue weighted by atomic mass is 16.6. The Bertz CT molecular complexity index is 800. The second-order valence-corrected chi connectivity index (χ2v) is 8.65. The zero-order valence-electron chi connectivity index (χ0n) is 16.3. The Balaban J connectivity index is 2.47. The SMILES string of the molecule is CC(C)(C)c1cc(/C=C/c2ccc([N+](=O)[O-])cc2)cc(C(C)(C)C)c1O. The van der Waals surface area contributed by atoms with Crippen molar-refractivity contribution in [2.45, 2.75) is 52.4 Å². The summed E-state index contributed by atoms with van der Waals surface area (Å²) >= 11 is 0. The molecule has 0 spiro atoms. The van der Waals surface area contributed by atoms with E-state index in [0.717, 1.165) is 22.3 Å². The Labute approximate surface area is 155 Å². The summed E-state index contributed by atoms with van der Waals surface area (Å²) in [6, 6.07) is 10.5. The summed E-state index contributed by atoms with van der Waals surface area (Å²) in [7, 11) is 0. The van der Waals surface area contributed by atoms with Crippen LogP contribution in [-0.4, -0.2) is 10.0 Å². The summed E-state index contributed by atoms with van der Waals surface area (Å²) in [5, 5.41) is 21.5. The third-order valence-electron chi connectivity index (χ3n) is 4.32. The molecule has 0 aliphatic carbocycles. The van der Waals surface area contributed by atoms with Crippen molar-refractivity contribution in [2.75, 3.05) is 0 Å². The van der Waals surface area contributed by atoms with E-state index in [1.165, 1.54) is 12.1 Å². The van der Waals surface area contributed by atoms with Crippen molar-refractivity contribution in [1.82, 2.24) is 0 Å².